The van der Waals surface area contributed by atoms with E-state index in [1.807, 2.05) is 36.4 Å². The van der Waals surface area contributed by atoms with Crippen molar-refractivity contribution in [3.05, 3.63) is 77.0 Å². The van der Waals surface area contributed by atoms with Gasteiger partial charge in [0, 0.05) is 5.03 Å². The molecule has 1 fully saturated rings. The van der Waals surface area contributed by atoms with Crippen LogP contribution in [0.25, 0.3) is 0 Å². The number of esters is 1. The molecule has 8 heteroatoms. The van der Waals surface area contributed by atoms with Gasteiger partial charge in [-0.1, -0.05) is 60.1 Å². The third-order valence-electron chi connectivity index (χ3n) is 5.21. The molecule has 0 aromatic heterocycles. The van der Waals surface area contributed by atoms with Gasteiger partial charge in [-0.3, -0.25) is 14.5 Å². The first-order valence-electron chi connectivity index (χ1n) is 9.94. The van der Waals surface area contributed by atoms with E-state index in [0.29, 0.717) is 23.6 Å². The zero-order chi connectivity index (χ0) is 21.8. The van der Waals surface area contributed by atoms with Crippen molar-refractivity contribution in [2.75, 3.05) is 6.61 Å². The minimum Gasteiger partial charge on any atom is -0.484 e. The number of nitrogens with zero attached hydrogens (tertiary/aromatic N) is 1. The summed E-state index contributed by atoms with van der Waals surface area (Å²) in [5.41, 5.74) is 0.892. The van der Waals surface area contributed by atoms with Crippen LogP contribution in [0.2, 0.25) is 0 Å². The predicted octanol–water partition coefficient (Wildman–Crippen LogP) is 2.75. The Morgan fingerprint density at radius 3 is 2.45 bits per heavy atom. The number of hydrogen-bond acceptors (Lipinski definition) is 5. The lowest BCUT2D eigenvalue weighted by atomic mass is 9.86. The van der Waals surface area contributed by atoms with E-state index in [-0.39, 0.29) is 30.9 Å². The Balaban J connectivity index is 1.35. The van der Waals surface area contributed by atoms with Crippen LogP contribution in [0.4, 0.5) is 0 Å². The Hall–Kier alpha value is -3.32. The molecule has 0 saturated carbocycles. The van der Waals surface area contributed by atoms with Crippen LogP contribution in [0.15, 0.2) is 71.4 Å². The summed E-state index contributed by atoms with van der Waals surface area (Å²) in [5.74, 6) is -0.877. The van der Waals surface area contributed by atoms with Crippen molar-refractivity contribution in [1.29, 1.82) is 0 Å². The van der Waals surface area contributed by atoms with Crippen LogP contribution in [-0.2, 0) is 25.7 Å². The van der Waals surface area contributed by atoms with Crippen LogP contribution in [0.1, 0.15) is 18.4 Å². The minimum absolute atomic E-state index is 0.0601. The molecule has 2 aromatic carbocycles. The maximum Gasteiger partial charge on any atom is 0.356 e. The monoisotopic (exact) mass is 440 g/mol. The van der Waals surface area contributed by atoms with Gasteiger partial charge in [-0.15, -0.1) is 0 Å². The second-order valence-corrected chi connectivity index (χ2v) is 7.73. The molecule has 0 spiro atoms. The summed E-state index contributed by atoms with van der Waals surface area (Å²) in [6.45, 7) is -0.125. The van der Waals surface area contributed by atoms with Crippen molar-refractivity contribution in [3.8, 4) is 5.75 Å². The topological polar surface area (TPSA) is 84.9 Å². The molecule has 0 unspecified atom stereocenters. The second-order valence-electron chi connectivity index (χ2n) is 7.28. The maximum atomic E-state index is 12.7. The quantitative estimate of drug-likeness (QED) is 0.528. The van der Waals surface area contributed by atoms with E-state index >= 15 is 0 Å². The highest BCUT2D eigenvalue weighted by Gasteiger charge is 2.53. The molecule has 0 radical (unpaired) electrons. The lowest BCUT2D eigenvalue weighted by molar-refractivity contribution is -0.158. The number of carbonyl (C=O) groups is 3. The van der Waals surface area contributed by atoms with Gasteiger partial charge in [-0.2, -0.15) is 0 Å². The summed E-state index contributed by atoms with van der Waals surface area (Å²) in [6, 6.07) is 17.1. The second kappa shape index (κ2) is 9.22. The third kappa shape index (κ3) is 4.56. The predicted molar refractivity (Wildman–Crippen MR) is 113 cm³/mol. The van der Waals surface area contributed by atoms with Crippen LogP contribution < -0.4 is 10.1 Å². The van der Waals surface area contributed by atoms with E-state index in [2.05, 4.69) is 5.32 Å². The number of allylic oxidation sites excluding steroid dienone is 1. The van der Waals surface area contributed by atoms with Crippen molar-refractivity contribution >= 4 is 29.4 Å². The molecule has 0 aliphatic carbocycles. The fraction of sp³-hybridized carbons (Fsp3) is 0.261. The first-order chi connectivity index (χ1) is 15.0. The van der Waals surface area contributed by atoms with Gasteiger partial charge in [0.25, 0.3) is 11.8 Å². The zero-order valence-electron chi connectivity index (χ0n) is 16.6. The highest BCUT2D eigenvalue weighted by atomic mass is 35.5. The van der Waals surface area contributed by atoms with E-state index in [4.69, 9.17) is 21.1 Å². The largest absolute Gasteiger partial charge is 0.484 e. The van der Waals surface area contributed by atoms with Crippen LogP contribution in [0, 0.1) is 0 Å². The highest BCUT2D eigenvalue weighted by Crippen LogP contribution is 2.38. The molecule has 31 heavy (non-hydrogen) atoms. The standard InChI is InChI=1S/C23H21ClN2O5/c24-17-11-12-18-20(25-19(27)14-30-16-9-5-2-6-10-16)22(28)26(18)21(17)23(29)31-13-15-7-3-1-4-8-15/h1-10,18,20H,11-14H2,(H,25,27)/t18-,20+/m1/s1. The molecule has 2 heterocycles. The first-order valence-corrected chi connectivity index (χ1v) is 10.3. The fourth-order valence-corrected chi connectivity index (χ4v) is 3.96. The molecule has 2 amide bonds. The van der Waals surface area contributed by atoms with Crippen LogP contribution in [-0.4, -0.2) is 41.4 Å². The van der Waals surface area contributed by atoms with Crippen LogP contribution in [0.5, 0.6) is 5.75 Å². The number of nitrogens with one attached hydrogen (secondary N) is 1. The average molecular weight is 441 g/mol. The molecule has 2 aromatic rings. The number of ether oxygens (including phenoxy) is 2. The van der Waals surface area contributed by atoms with Crippen molar-refractivity contribution in [1.82, 2.24) is 10.2 Å². The van der Waals surface area contributed by atoms with E-state index in [1.54, 1.807) is 24.3 Å². The number of halogens is 1. The zero-order valence-corrected chi connectivity index (χ0v) is 17.4. The fourth-order valence-electron chi connectivity index (χ4n) is 3.68. The molecule has 4 rings (SSSR count). The Morgan fingerprint density at radius 1 is 1.06 bits per heavy atom. The summed E-state index contributed by atoms with van der Waals surface area (Å²) in [7, 11) is 0. The molecular formula is C23H21ClN2O5. The summed E-state index contributed by atoms with van der Waals surface area (Å²) in [5, 5.41) is 2.99. The summed E-state index contributed by atoms with van der Waals surface area (Å²) >= 11 is 6.27. The maximum absolute atomic E-state index is 12.7. The smallest absolute Gasteiger partial charge is 0.356 e. The average Bonchev–Trinajstić information content (AvgIpc) is 2.80. The van der Waals surface area contributed by atoms with Gasteiger partial charge in [0.15, 0.2) is 6.61 Å². The molecule has 160 valence electrons. The number of benzene rings is 2. The number of fused-ring (bicyclic) bond motifs is 1. The van der Waals surface area contributed by atoms with Gasteiger partial charge in [0.2, 0.25) is 0 Å². The van der Waals surface area contributed by atoms with E-state index in [9.17, 15) is 14.4 Å². The number of para-hydroxylation sites is 1. The Labute approximate surface area is 184 Å². The minimum atomic E-state index is -0.714. The normalized spacial score (nSPS) is 19.9. The lowest BCUT2D eigenvalue weighted by Crippen LogP contribution is -2.71. The molecular weight excluding hydrogens is 420 g/mol. The lowest BCUT2D eigenvalue weighted by Gasteiger charge is -2.49. The number of carbonyl (C=O) groups excluding carboxylic acids is 3. The molecule has 2 aliphatic heterocycles. The Kier molecular flexibility index (Phi) is 6.23. The Bertz CT molecular complexity index is 1010. The third-order valence-corrected chi connectivity index (χ3v) is 5.58. The van der Waals surface area contributed by atoms with E-state index < -0.39 is 17.9 Å². The Morgan fingerprint density at radius 2 is 1.74 bits per heavy atom. The van der Waals surface area contributed by atoms with Gasteiger partial charge in [-0.05, 0) is 30.5 Å². The van der Waals surface area contributed by atoms with Crippen molar-refractivity contribution in [2.45, 2.75) is 31.5 Å². The molecule has 2 aliphatic rings. The SMILES string of the molecule is O=C(COc1ccccc1)N[C@@H]1C(=O)N2C(C(=O)OCc3ccccc3)=C(Cl)CC[C@H]12. The number of hydrogen-bond donors (Lipinski definition) is 1. The highest BCUT2D eigenvalue weighted by molar-refractivity contribution is 6.32. The molecule has 7 nitrogen and oxygen atoms in total. The summed E-state index contributed by atoms with van der Waals surface area (Å²) in [6.07, 6.45) is 0.975. The summed E-state index contributed by atoms with van der Waals surface area (Å²) < 4.78 is 10.8. The molecule has 1 N–H and O–H groups in total. The first kappa shape index (κ1) is 20.9. The molecule has 1 saturated heterocycles. The molecule has 0 bridgehead atoms. The van der Waals surface area contributed by atoms with Gasteiger partial charge >= 0.3 is 5.97 Å². The van der Waals surface area contributed by atoms with Crippen molar-refractivity contribution in [3.63, 3.8) is 0 Å². The number of rotatable bonds is 7. The summed E-state index contributed by atoms with van der Waals surface area (Å²) in [4.78, 5) is 38.9. The van der Waals surface area contributed by atoms with E-state index in [1.165, 1.54) is 4.90 Å². The number of amides is 2. The van der Waals surface area contributed by atoms with Gasteiger partial charge in [0.05, 0.1) is 6.04 Å². The molecule has 2 atom stereocenters. The van der Waals surface area contributed by atoms with E-state index in [0.717, 1.165) is 5.56 Å². The van der Waals surface area contributed by atoms with Crippen LogP contribution in [0.3, 0.4) is 0 Å². The van der Waals surface area contributed by atoms with Gasteiger partial charge < -0.3 is 14.8 Å². The van der Waals surface area contributed by atoms with Crippen molar-refractivity contribution in [2.24, 2.45) is 0 Å². The number of β-lactam (4-membered cyclic amide) rings is 1. The van der Waals surface area contributed by atoms with Gasteiger partial charge in [0.1, 0.15) is 24.1 Å². The van der Waals surface area contributed by atoms with Gasteiger partial charge in [-0.25, -0.2) is 4.79 Å². The van der Waals surface area contributed by atoms with Crippen LogP contribution >= 0.6 is 11.6 Å². The van der Waals surface area contributed by atoms with Crippen molar-refractivity contribution < 1.29 is 23.9 Å².